The molecule has 0 bridgehead atoms. The Hall–Kier alpha value is -2.54. The first-order valence-electron chi connectivity index (χ1n) is 11.8. The Labute approximate surface area is 211 Å². The maximum atomic E-state index is 13.8. The molecule has 0 radical (unpaired) electrons. The molecule has 2 heterocycles. The molecule has 12 heteroatoms. The van der Waals surface area contributed by atoms with Crippen molar-refractivity contribution in [2.75, 3.05) is 33.3 Å². The van der Waals surface area contributed by atoms with Gasteiger partial charge in [-0.25, -0.2) is 21.2 Å². The summed E-state index contributed by atoms with van der Waals surface area (Å²) in [6.07, 6.45) is 2.72. The summed E-state index contributed by atoms with van der Waals surface area (Å²) in [5.41, 5.74) is 0.730. The van der Waals surface area contributed by atoms with Crippen LogP contribution in [0.2, 0.25) is 0 Å². The SMILES string of the molecule is COc1ccc(F)cc1S(=O)(=O)N1CCC[C@H](C(=O)NCc2ccc(S(=O)(=O)N3CCCC3)cc2)C1. The number of benzene rings is 2. The lowest BCUT2D eigenvalue weighted by atomic mass is 9.99. The molecule has 0 spiro atoms. The van der Waals surface area contributed by atoms with Gasteiger partial charge in [0.15, 0.2) is 0 Å². The van der Waals surface area contributed by atoms with E-state index < -0.39 is 31.8 Å². The van der Waals surface area contributed by atoms with Crippen molar-refractivity contribution < 1.29 is 30.8 Å². The number of halogens is 1. The second-order valence-corrected chi connectivity index (χ2v) is 12.8. The number of piperidine rings is 1. The minimum Gasteiger partial charge on any atom is -0.495 e. The summed E-state index contributed by atoms with van der Waals surface area (Å²) < 4.78 is 73.2. The number of carbonyl (C=O) groups is 1. The Bertz CT molecular complexity index is 1310. The summed E-state index contributed by atoms with van der Waals surface area (Å²) in [5, 5.41) is 2.82. The average Bonchev–Trinajstić information content (AvgIpc) is 3.44. The van der Waals surface area contributed by atoms with Crippen molar-refractivity contribution in [1.29, 1.82) is 0 Å². The lowest BCUT2D eigenvalue weighted by Crippen LogP contribution is -2.45. The van der Waals surface area contributed by atoms with E-state index in [9.17, 15) is 26.0 Å². The van der Waals surface area contributed by atoms with E-state index in [1.807, 2.05) is 0 Å². The highest BCUT2D eigenvalue weighted by Crippen LogP contribution is 2.30. The monoisotopic (exact) mass is 539 g/mol. The molecule has 36 heavy (non-hydrogen) atoms. The van der Waals surface area contributed by atoms with Crippen LogP contribution in [0.3, 0.4) is 0 Å². The predicted octanol–water partition coefficient (Wildman–Crippen LogP) is 2.34. The molecule has 2 fully saturated rings. The van der Waals surface area contributed by atoms with Crippen molar-refractivity contribution in [3.05, 3.63) is 53.8 Å². The largest absolute Gasteiger partial charge is 0.495 e. The normalized spacial score (nSPS) is 19.8. The highest BCUT2D eigenvalue weighted by atomic mass is 32.2. The lowest BCUT2D eigenvalue weighted by molar-refractivity contribution is -0.126. The van der Waals surface area contributed by atoms with Crippen LogP contribution in [-0.4, -0.2) is 64.6 Å². The lowest BCUT2D eigenvalue weighted by Gasteiger charge is -2.31. The van der Waals surface area contributed by atoms with Gasteiger partial charge in [-0.15, -0.1) is 0 Å². The van der Waals surface area contributed by atoms with Gasteiger partial charge in [-0.3, -0.25) is 4.79 Å². The van der Waals surface area contributed by atoms with Crippen LogP contribution in [0.15, 0.2) is 52.3 Å². The molecular formula is C24H30FN3O6S2. The van der Waals surface area contributed by atoms with E-state index in [4.69, 9.17) is 4.74 Å². The van der Waals surface area contributed by atoms with E-state index in [0.717, 1.165) is 30.5 Å². The standard InChI is InChI=1S/C24H30FN3O6S2/c1-34-22-11-8-20(25)15-23(22)36(32,33)28-14-4-5-19(17-28)24(29)26-16-18-6-9-21(10-7-18)35(30,31)27-12-2-3-13-27/h6-11,15,19H,2-5,12-14,16-17H2,1H3,(H,26,29)/t19-/m0/s1. The molecule has 0 aliphatic carbocycles. The van der Waals surface area contributed by atoms with Crippen molar-refractivity contribution in [3.8, 4) is 5.75 Å². The summed E-state index contributed by atoms with van der Waals surface area (Å²) in [6, 6.07) is 9.71. The van der Waals surface area contributed by atoms with Crippen LogP contribution in [0.4, 0.5) is 4.39 Å². The fourth-order valence-corrected chi connectivity index (χ4v) is 7.76. The first-order valence-corrected chi connectivity index (χ1v) is 14.7. The third kappa shape index (κ3) is 5.56. The van der Waals surface area contributed by atoms with Crippen LogP contribution >= 0.6 is 0 Å². The van der Waals surface area contributed by atoms with E-state index in [0.29, 0.717) is 25.9 Å². The maximum absolute atomic E-state index is 13.8. The van der Waals surface area contributed by atoms with E-state index >= 15 is 0 Å². The molecule has 2 aromatic rings. The van der Waals surface area contributed by atoms with Gasteiger partial charge in [0, 0.05) is 32.7 Å². The summed E-state index contributed by atoms with van der Waals surface area (Å²) in [7, 11) is -6.25. The van der Waals surface area contributed by atoms with E-state index in [2.05, 4.69) is 5.32 Å². The second kappa shape index (κ2) is 10.8. The van der Waals surface area contributed by atoms with Gasteiger partial charge >= 0.3 is 0 Å². The number of nitrogens with zero attached hydrogens (tertiary/aromatic N) is 2. The van der Waals surface area contributed by atoms with Crippen LogP contribution in [0.1, 0.15) is 31.2 Å². The zero-order valence-corrected chi connectivity index (χ0v) is 21.7. The van der Waals surface area contributed by atoms with Gasteiger partial charge in [0.25, 0.3) is 0 Å². The molecule has 1 amide bonds. The number of hydrogen-bond donors (Lipinski definition) is 1. The Morgan fingerprint density at radius 2 is 1.64 bits per heavy atom. The number of carbonyl (C=O) groups excluding carboxylic acids is 1. The van der Waals surface area contributed by atoms with Gasteiger partial charge in [0.05, 0.1) is 17.9 Å². The highest BCUT2D eigenvalue weighted by molar-refractivity contribution is 7.89. The van der Waals surface area contributed by atoms with Crippen LogP contribution < -0.4 is 10.1 Å². The Balaban J connectivity index is 1.38. The zero-order valence-electron chi connectivity index (χ0n) is 20.0. The Morgan fingerprint density at radius 1 is 0.972 bits per heavy atom. The molecule has 0 saturated carbocycles. The molecule has 1 N–H and O–H groups in total. The molecule has 4 rings (SSSR count). The number of rotatable bonds is 8. The highest BCUT2D eigenvalue weighted by Gasteiger charge is 2.35. The van der Waals surface area contributed by atoms with Crippen molar-refractivity contribution in [2.45, 2.75) is 42.0 Å². The summed E-state index contributed by atoms with van der Waals surface area (Å²) >= 11 is 0. The zero-order chi connectivity index (χ0) is 25.9. The van der Waals surface area contributed by atoms with Crippen molar-refractivity contribution in [1.82, 2.24) is 13.9 Å². The maximum Gasteiger partial charge on any atom is 0.246 e. The van der Waals surface area contributed by atoms with Crippen LogP contribution in [0.25, 0.3) is 0 Å². The Morgan fingerprint density at radius 3 is 2.31 bits per heavy atom. The van der Waals surface area contributed by atoms with Gasteiger partial charge < -0.3 is 10.1 Å². The fourth-order valence-electron chi connectivity index (χ4n) is 4.56. The van der Waals surface area contributed by atoms with E-state index in [1.165, 1.54) is 33.9 Å². The van der Waals surface area contributed by atoms with Gasteiger partial charge in [-0.05, 0) is 61.6 Å². The van der Waals surface area contributed by atoms with Gasteiger partial charge in [-0.2, -0.15) is 8.61 Å². The van der Waals surface area contributed by atoms with E-state index in [1.54, 1.807) is 12.1 Å². The molecule has 0 aromatic heterocycles. The van der Waals surface area contributed by atoms with Gasteiger partial charge in [0.2, 0.25) is 26.0 Å². The van der Waals surface area contributed by atoms with Gasteiger partial charge in [-0.1, -0.05) is 12.1 Å². The van der Waals surface area contributed by atoms with Crippen molar-refractivity contribution in [2.24, 2.45) is 5.92 Å². The summed E-state index contributed by atoms with van der Waals surface area (Å²) in [4.78, 5) is 12.8. The molecule has 2 aliphatic rings. The predicted molar refractivity (Wildman–Crippen MR) is 131 cm³/mol. The molecular weight excluding hydrogens is 509 g/mol. The molecule has 2 saturated heterocycles. The number of ether oxygens (including phenoxy) is 1. The minimum absolute atomic E-state index is 0.0269. The minimum atomic E-state index is -4.06. The van der Waals surface area contributed by atoms with Crippen LogP contribution in [0, 0.1) is 11.7 Å². The van der Waals surface area contributed by atoms with Crippen molar-refractivity contribution >= 4 is 26.0 Å². The van der Waals surface area contributed by atoms with E-state index in [-0.39, 0.29) is 41.1 Å². The average molecular weight is 540 g/mol. The first kappa shape index (κ1) is 26.5. The topological polar surface area (TPSA) is 113 Å². The summed E-state index contributed by atoms with van der Waals surface area (Å²) in [5.74, 6) is -1.52. The number of amides is 1. The third-order valence-electron chi connectivity index (χ3n) is 6.59. The molecule has 0 unspecified atom stereocenters. The molecule has 196 valence electrons. The van der Waals surface area contributed by atoms with Gasteiger partial charge in [0.1, 0.15) is 16.5 Å². The third-order valence-corrected chi connectivity index (χ3v) is 10.4. The molecule has 2 aliphatic heterocycles. The fraction of sp³-hybridized carbons (Fsp3) is 0.458. The Kier molecular flexibility index (Phi) is 7.98. The number of hydrogen-bond acceptors (Lipinski definition) is 6. The molecule has 1 atom stereocenters. The first-order chi connectivity index (χ1) is 17.1. The van der Waals surface area contributed by atoms with Crippen LogP contribution in [0.5, 0.6) is 5.75 Å². The quantitative estimate of drug-likeness (QED) is 0.551. The van der Waals surface area contributed by atoms with Crippen molar-refractivity contribution in [3.63, 3.8) is 0 Å². The smallest absolute Gasteiger partial charge is 0.246 e. The molecule has 9 nitrogen and oxygen atoms in total. The summed E-state index contributed by atoms with van der Waals surface area (Å²) in [6.45, 7) is 1.43. The van der Waals surface area contributed by atoms with Crippen LogP contribution in [-0.2, 0) is 31.4 Å². The number of sulfonamides is 2. The molecule has 2 aromatic carbocycles. The second-order valence-electron chi connectivity index (χ2n) is 8.97. The number of nitrogens with one attached hydrogen (secondary N) is 1. The number of methoxy groups -OCH3 is 1.